The highest BCUT2D eigenvalue weighted by Crippen LogP contribution is 2.29. The zero-order valence-electron chi connectivity index (χ0n) is 16.0. The maximum atomic E-state index is 13.1. The summed E-state index contributed by atoms with van der Waals surface area (Å²) in [7, 11) is 0. The largest absolute Gasteiger partial charge is 0.420 e. The lowest BCUT2D eigenvalue weighted by Crippen LogP contribution is -2.39. The number of aromatic nitrogens is 2. The Bertz CT molecular complexity index is 938. The van der Waals surface area contributed by atoms with Crippen LogP contribution in [0.4, 0.5) is 4.39 Å². The lowest BCUT2D eigenvalue weighted by molar-refractivity contribution is -0.129. The van der Waals surface area contributed by atoms with Crippen LogP contribution in [0.2, 0.25) is 0 Å². The number of benzene rings is 2. The van der Waals surface area contributed by atoms with Crippen molar-refractivity contribution in [1.29, 1.82) is 0 Å². The van der Waals surface area contributed by atoms with Gasteiger partial charge in [-0.3, -0.25) is 4.79 Å². The monoisotopic (exact) mass is 411 g/mol. The van der Waals surface area contributed by atoms with Crippen molar-refractivity contribution in [2.75, 3.05) is 18.8 Å². The third kappa shape index (κ3) is 5.03. The van der Waals surface area contributed by atoms with Gasteiger partial charge in [0, 0.05) is 30.3 Å². The average molecular weight is 412 g/mol. The second-order valence-corrected chi connectivity index (χ2v) is 8.07. The molecule has 150 valence electrons. The number of nitrogens with zero attached hydrogens (tertiary/aromatic N) is 3. The number of piperidine rings is 1. The van der Waals surface area contributed by atoms with Crippen molar-refractivity contribution in [2.45, 2.75) is 24.5 Å². The van der Waals surface area contributed by atoms with Gasteiger partial charge in [0.2, 0.25) is 17.7 Å². The molecule has 29 heavy (non-hydrogen) atoms. The normalized spacial score (nSPS) is 14.9. The van der Waals surface area contributed by atoms with E-state index in [-0.39, 0.29) is 17.6 Å². The minimum Gasteiger partial charge on any atom is -0.420 e. The maximum absolute atomic E-state index is 13.1. The number of likely N-dealkylation sites (tertiary alicyclic amines) is 1. The van der Waals surface area contributed by atoms with Crippen LogP contribution in [0.1, 0.15) is 30.2 Å². The SMILES string of the molecule is O=C(CSCc1ccccc1)N1CCC(c2nnc(-c3ccc(F)cc3)o2)CC1. The first-order valence-electron chi connectivity index (χ1n) is 9.68. The molecule has 0 aliphatic carbocycles. The number of thioether (sulfide) groups is 1. The zero-order chi connectivity index (χ0) is 20.1. The summed E-state index contributed by atoms with van der Waals surface area (Å²) in [5, 5.41) is 8.27. The number of amides is 1. The van der Waals surface area contributed by atoms with Crippen LogP contribution in [0.3, 0.4) is 0 Å². The van der Waals surface area contributed by atoms with Crippen LogP contribution in [0, 0.1) is 5.82 Å². The molecule has 1 aromatic heterocycles. The Hall–Kier alpha value is -2.67. The van der Waals surface area contributed by atoms with Gasteiger partial charge < -0.3 is 9.32 Å². The van der Waals surface area contributed by atoms with Crippen LogP contribution in [-0.2, 0) is 10.5 Å². The third-order valence-electron chi connectivity index (χ3n) is 5.07. The highest BCUT2D eigenvalue weighted by atomic mass is 32.2. The predicted molar refractivity (Wildman–Crippen MR) is 111 cm³/mol. The first-order valence-corrected chi connectivity index (χ1v) is 10.8. The number of hydrogen-bond donors (Lipinski definition) is 0. The van der Waals surface area contributed by atoms with Gasteiger partial charge in [0.05, 0.1) is 5.75 Å². The zero-order valence-corrected chi connectivity index (χ0v) is 16.8. The Labute approximate surface area is 173 Å². The van der Waals surface area contributed by atoms with Gasteiger partial charge in [-0.05, 0) is 42.7 Å². The standard InChI is InChI=1S/C22H22FN3O2S/c23-19-8-6-17(7-9-19)21-24-25-22(28-21)18-10-12-26(13-11-18)20(27)15-29-14-16-4-2-1-3-5-16/h1-9,18H,10-15H2. The molecule has 0 spiro atoms. The Morgan fingerprint density at radius 1 is 1.07 bits per heavy atom. The quantitative estimate of drug-likeness (QED) is 0.597. The first kappa shape index (κ1) is 19.6. The van der Waals surface area contributed by atoms with Crippen molar-refractivity contribution in [3.05, 3.63) is 71.9 Å². The van der Waals surface area contributed by atoms with Gasteiger partial charge in [0.25, 0.3) is 0 Å². The summed E-state index contributed by atoms with van der Waals surface area (Å²) in [5.41, 5.74) is 1.94. The highest BCUT2D eigenvalue weighted by molar-refractivity contribution is 7.99. The smallest absolute Gasteiger partial charge is 0.247 e. The van der Waals surface area contributed by atoms with E-state index < -0.39 is 0 Å². The summed E-state index contributed by atoms with van der Waals surface area (Å²) in [6, 6.07) is 16.2. The molecule has 0 bridgehead atoms. The van der Waals surface area contributed by atoms with Crippen LogP contribution in [-0.4, -0.2) is 39.8 Å². The molecule has 1 saturated heterocycles. The van der Waals surface area contributed by atoms with Crippen LogP contribution >= 0.6 is 11.8 Å². The molecule has 2 aromatic carbocycles. The van der Waals surface area contributed by atoms with Gasteiger partial charge in [0.1, 0.15) is 5.82 Å². The summed E-state index contributed by atoms with van der Waals surface area (Å²) >= 11 is 1.65. The fourth-order valence-corrected chi connectivity index (χ4v) is 4.29. The second-order valence-electron chi connectivity index (χ2n) is 7.09. The molecule has 0 radical (unpaired) electrons. The fourth-order valence-electron chi connectivity index (χ4n) is 3.41. The average Bonchev–Trinajstić information content (AvgIpc) is 3.25. The molecule has 1 fully saturated rings. The van der Waals surface area contributed by atoms with Crippen molar-refractivity contribution >= 4 is 17.7 Å². The summed E-state index contributed by atoms with van der Waals surface area (Å²) < 4.78 is 18.9. The molecule has 0 unspecified atom stereocenters. The Balaban J connectivity index is 1.26. The second kappa shape index (κ2) is 9.22. The number of halogens is 1. The lowest BCUT2D eigenvalue weighted by Gasteiger charge is -2.30. The van der Waals surface area contributed by atoms with E-state index in [2.05, 4.69) is 22.3 Å². The molecule has 4 rings (SSSR count). The van der Waals surface area contributed by atoms with E-state index in [0.717, 1.165) is 18.6 Å². The van der Waals surface area contributed by atoms with Crippen LogP contribution < -0.4 is 0 Å². The minimum atomic E-state index is -0.299. The van der Waals surface area contributed by atoms with Gasteiger partial charge in [0.15, 0.2) is 0 Å². The number of rotatable bonds is 6. The molecule has 2 heterocycles. The van der Waals surface area contributed by atoms with Gasteiger partial charge in [-0.2, -0.15) is 0 Å². The maximum Gasteiger partial charge on any atom is 0.247 e. The molecular weight excluding hydrogens is 389 g/mol. The van der Waals surface area contributed by atoms with E-state index in [0.29, 0.717) is 36.2 Å². The molecule has 1 aliphatic rings. The summed E-state index contributed by atoms with van der Waals surface area (Å²) in [6.07, 6.45) is 1.61. The van der Waals surface area contributed by atoms with Crippen LogP contribution in [0.15, 0.2) is 59.0 Å². The topological polar surface area (TPSA) is 59.2 Å². The molecule has 1 amide bonds. The molecule has 5 nitrogen and oxygen atoms in total. The summed E-state index contributed by atoms with van der Waals surface area (Å²) in [5.74, 6) is 2.37. The Kier molecular flexibility index (Phi) is 6.24. The number of hydrogen-bond acceptors (Lipinski definition) is 5. The van der Waals surface area contributed by atoms with Crippen molar-refractivity contribution < 1.29 is 13.6 Å². The minimum absolute atomic E-state index is 0.151. The number of carbonyl (C=O) groups is 1. The molecule has 0 saturated carbocycles. The molecular formula is C22H22FN3O2S. The predicted octanol–water partition coefficient (Wildman–Crippen LogP) is 4.52. The highest BCUT2D eigenvalue weighted by Gasteiger charge is 2.27. The summed E-state index contributed by atoms with van der Waals surface area (Å²) in [4.78, 5) is 14.4. The van der Waals surface area contributed by atoms with Gasteiger partial charge in [-0.25, -0.2) is 4.39 Å². The van der Waals surface area contributed by atoms with Gasteiger partial charge in [-0.1, -0.05) is 30.3 Å². The van der Waals surface area contributed by atoms with Gasteiger partial charge in [-0.15, -0.1) is 22.0 Å². The Morgan fingerprint density at radius 3 is 2.52 bits per heavy atom. The Morgan fingerprint density at radius 2 is 1.79 bits per heavy atom. The first-order chi connectivity index (χ1) is 14.2. The summed E-state index contributed by atoms with van der Waals surface area (Å²) in [6.45, 7) is 1.40. The molecule has 1 aliphatic heterocycles. The van der Waals surface area contributed by atoms with Crippen LogP contribution in [0.5, 0.6) is 0 Å². The van der Waals surface area contributed by atoms with E-state index in [1.54, 1.807) is 23.9 Å². The third-order valence-corrected chi connectivity index (χ3v) is 6.05. The fraction of sp³-hybridized carbons (Fsp3) is 0.318. The van der Waals surface area contributed by atoms with E-state index in [4.69, 9.17) is 4.42 Å². The van der Waals surface area contributed by atoms with Crippen LogP contribution in [0.25, 0.3) is 11.5 Å². The number of carbonyl (C=O) groups excluding carboxylic acids is 1. The van der Waals surface area contributed by atoms with Crippen molar-refractivity contribution in [2.24, 2.45) is 0 Å². The van der Waals surface area contributed by atoms with E-state index in [1.165, 1.54) is 17.7 Å². The lowest BCUT2D eigenvalue weighted by atomic mass is 9.97. The molecule has 3 aromatic rings. The van der Waals surface area contributed by atoms with Crippen molar-refractivity contribution in [1.82, 2.24) is 15.1 Å². The molecule has 0 N–H and O–H groups in total. The van der Waals surface area contributed by atoms with Crippen molar-refractivity contribution in [3.63, 3.8) is 0 Å². The van der Waals surface area contributed by atoms with Gasteiger partial charge >= 0.3 is 0 Å². The van der Waals surface area contributed by atoms with E-state index in [9.17, 15) is 9.18 Å². The molecule has 7 heteroatoms. The van der Waals surface area contributed by atoms with Crippen molar-refractivity contribution in [3.8, 4) is 11.5 Å². The molecule has 0 atom stereocenters. The van der Waals surface area contributed by atoms with E-state index >= 15 is 0 Å². The van der Waals surface area contributed by atoms with E-state index in [1.807, 2.05) is 23.1 Å².